The number of rotatable bonds is 6. The maximum Gasteiger partial charge on any atom is 0.341 e. The van der Waals surface area contributed by atoms with Crippen molar-refractivity contribution in [2.45, 2.75) is 6.10 Å². The number of carbonyl (C=O) groups excluding carboxylic acids is 1. The molecule has 0 saturated carbocycles. The van der Waals surface area contributed by atoms with E-state index in [2.05, 4.69) is 0 Å². The molecule has 18 heavy (non-hydrogen) atoms. The molecule has 0 aliphatic heterocycles. The molecule has 0 saturated heterocycles. The van der Waals surface area contributed by atoms with E-state index in [0.717, 1.165) is 6.07 Å². The van der Waals surface area contributed by atoms with Gasteiger partial charge in [-0.25, -0.2) is 9.18 Å². The average Bonchev–Trinajstić information content (AvgIpc) is 2.29. The van der Waals surface area contributed by atoms with Crippen molar-refractivity contribution in [2.24, 2.45) is 0 Å². The van der Waals surface area contributed by atoms with E-state index in [4.69, 9.17) is 25.8 Å². The third-order valence-electron chi connectivity index (χ3n) is 2.13. The van der Waals surface area contributed by atoms with Crippen LogP contribution in [0.3, 0.4) is 0 Å². The van der Waals surface area contributed by atoms with Gasteiger partial charge in [-0.3, -0.25) is 0 Å². The van der Waals surface area contributed by atoms with Gasteiger partial charge in [0.25, 0.3) is 0 Å². The fraction of sp³-hybridized carbons (Fsp3) is 0.417. The predicted molar refractivity (Wildman–Crippen MR) is 64.4 cm³/mol. The minimum Gasteiger partial charge on any atom is -0.454 e. The van der Waals surface area contributed by atoms with Crippen LogP contribution in [0.2, 0.25) is 5.02 Å². The molecular weight excluding hydrogens is 263 g/mol. The molecular formula is C12H14ClFO4. The lowest BCUT2D eigenvalue weighted by Crippen LogP contribution is -2.28. The molecule has 4 nitrogen and oxygen atoms in total. The molecule has 0 N–H and O–H groups in total. The van der Waals surface area contributed by atoms with Gasteiger partial charge in [-0.1, -0.05) is 11.6 Å². The normalized spacial score (nSPS) is 10.7. The van der Waals surface area contributed by atoms with Crippen LogP contribution in [0.1, 0.15) is 10.4 Å². The number of methoxy groups -OCH3 is 2. The first-order chi connectivity index (χ1) is 8.58. The number of hydrogen-bond acceptors (Lipinski definition) is 4. The topological polar surface area (TPSA) is 44.8 Å². The van der Waals surface area contributed by atoms with Crippen LogP contribution in [-0.2, 0) is 14.2 Å². The van der Waals surface area contributed by atoms with Crippen LogP contribution in [-0.4, -0.2) is 39.5 Å². The molecule has 0 spiro atoms. The second-order valence-electron chi connectivity index (χ2n) is 3.56. The maximum absolute atomic E-state index is 13.5. The van der Waals surface area contributed by atoms with Gasteiger partial charge < -0.3 is 14.2 Å². The highest BCUT2D eigenvalue weighted by molar-refractivity contribution is 6.30. The highest BCUT2D eigenvalue weighted by Gasteiger charge is 2.19. The van der Waals surface area contributed by atoms with Gasteiger partial charge in [0.2, 0.25) is 0 Å². The van der Waals surface area contributed by atoms with Crippen LogP contribution in [0.5, 0.6) is 0 Å². The molecule has 0 aromatic heterocycles. The molecule has 0 unspecified atom stereocenters. The summed E-state index contributed by atoms with van der Waals surface area (Å²) in [4.78, 5) is 11.7. The van der Waals surface area contributed by atoms with Crippen LogP contribution in [0.25, 0.3) is 0 Å². The quantitative estimate of drug-likeness (QED) is 0.748. The number of ether oxygens (including phenoxy) is 3. The number of benzene rings is 1. The van der Waals surface area contributed by atoms with E-state index < -0.39 is 17.9 Å². The van der Waals surface area contributed by atoms with Gasteiger partial charge in [0.1, 0.15) is 11.9 Å². The minimum atomic E-state index is -0.775. The summed E-state index contributed by atoms with van der Waals surface area (Å²) in [6.45, 7) is 0.351. The SMILES string of the molecule is COCC(COC)OC(=O)c1ccc(Cl)cc1F. The lowest BCUT2D eigenvalue weighted by molar-refractivity contribution is -0.0226. The molecule has 0 atom stereocenters. The fourth-order valence-electron chi connectivity index (χ4n) is 1.36. The van der Waals surface area contributed by atoms with E-state index in [1.54, 1.807) is 0 Å². The molecule has 0 aliphatic carbocycles. The van der Waals surface area contributed by atoms with E-state index in [1.807, 2.05) is 0 Å². The second kappa shape index (κ2) is 7.31. The molecule has 0 fully saturated rings. The molecule has 1 aromatic carbocycles. The molecule has 6 heteroatoms. The summed E-state index contributed by atoms with van der Waals surface area (Å²) >= 11 is 5.59. The Bertz CT molecular complexity index is 405. The standard InChI is InChI=1S/C12H14ClFO4/c1-16-6-9(7-17-2)18-12(15)10-4-3-8(13)5-11(10)14/h3-5,9H,6-7H2,1-2H3. The Balaban J connectivity index is 2.73. The van der Waals surface area contributed by atoms with E-state index >= 15 is 0 Å². The first kappa shape index (κ1) is 14.9. The van der Waals surface area contributed by atoms with Gasteiger partial charge in [-0.05, 0) is 18.2 Å². The smallest absolute Gasteiger partial charge is 0.341 e. The summed E-state index contributed by atoms with van der Waals surface area (Å²) in [5.41, 5.74) is -0.170. The summed E-state index contributed by atoms with van der Waals surface area (Å²) < 4.78 is 28.3. The van der Waals surface area contributed by atoms with Crippen molar-refractivity contribution >= 4 is 17.6 Å². The molecule has 0 aliphatic rings. The highest BCUT2D eigenvalue weighted by atomic mass is 35.5. The van der Waals surface area contributed by atoms with Gasteiger partial charge in [0, 0.05) is 19.2 Å². The Morgan fingerprint density at radius 3 is 2.44 bits per heavy atom. The average molecular weight is 277 g/mol. The van der Waals surface area contributed by atoms with Crippen LogP contribution in [0, 0.1) is 5.82 Å². The maximum atomic E-state index is 13.5. The lowest BCUT2D eigenvalue weighted by atomic mass is 10.2. The van der Waals surface area contributed by atoms with E-state index in [-0.39, 0.29) is 23.8 Å². The van der Waals surface area contributed by atoms with Crippen molar-refractivity contribution < 1.29 is 23.4 Å². The number of carbonyl (C=O) groups is 1. The Morgan fingerprint density at radius 2 is 1.94 bits per heavy atom. The lowest BCUT2D eigenvalue weighted by Gasteiger charge is -2.16. The van der Waals surface area contributed by atoms with Crippen LogP contribution in [0.15, 0.2) is 18.2 Å². The Labute approximate surface area is 110 Å². The summed E-state index contributed by atoms with van der Waals surface area (Å²) in [5.74, 6) is -1.50. The number of esters is 1. The Kier molecular flexibility index (Phi) is 6.04. The van der Waals surface area contributed by atoms with Gasteiger partial charge in [0.05, 0.1) is 18.8 Å². The first-order valence-corrected chi connectivity index (χ1v) is 5.60. The first-order valence-electron chi connectivity index (χ1n) is 5.22. The third-order valence-corrected chi connectivity index (χ3v) is 2.36. The number of hydrogen-bond donors (Lipinski definition) is 0. The molecule has 0 radical (unpaired) electrons. The van der Waals surface area contributed by atoms with Crippen LogP contribution in [0.4, 0.5) is 4.39 Å². The van der Waals surface area contributed by atoms with E-state index in [9.17, 15) is 9.18 Å². The predicted octanol–water partition coefficient (Wildman–Crippen LogP) is 2.30. The molecule has 0 bridgehead atoms. The molecule has 1 rings (SSSR count). The van der Waals surface area contributed by atoms with E-state index in [0.29, 0.717) is 0 Å². The third kappa shape index (κ3) is 4.25. The van der Waals surface area contributed by atoms with Gasteiger partial charge in [-0.2, -0.15) is 0 Å². The largest absolute Gasteiger partial charge is 0.454 e. The van der Waals surface area contributed by atoms with Gasteiger partial charge in [0.15, 0.2) is 0 Å². The van der Waals surface area contributed by atoms with Crippen molar-refractivity contribution in [1.29, 1.82) is 0 Å². The fourth-order valence-corrected chi connectivity index (χ4v) is 1.52. The zero-order valence-corrected chi connectivity index (χ0v) is 10.9. The van der Waals surface area contributed by atoms with Gasteiger partial charge in [-0.15, -0.1) is 0 Å². The minimum absolute atomic E-state index is 0.170. The second-order valence-corrected chi connectivity index (χ2v) is 4.00. The summed E-state index contributed by atoms with van der Waals surface area (Å²) in [6, 6.07) is 3.75. The van der Waals surface area contributed by atoms with Crippen molar-refractivity contribution in [1.82, 2.24) is 0 Å². The zero-order chi connectivity index (χ0) is 13.5. The van der Waals surface area contributed by atoms with Crippen molar-refractivity contribution in [3.8, 4) is 0 Å². The summed E-state index contributed by atoms with van der Waals surface area (Å²) in [7, 11) is 2.94. The molecule has 0 heterocycles. The number of halogens is 2. The Morgan fingerprint density at radius 1 is 1.33 bits per heavy atom. The molecule has 0 amide bonds. The Hall–Kier alpha value is -1.17. The van der Waals surface area contributed by atoms with Crippen LogP contribution >= 0.6 is 11.6 Å². The molecule has 100 valence electrons. The zero-order valence-electron chi connectivity index (χ0n) is 10.1. The van der Waals surface area contributed by atoms with Crippen molar-refractivity contribution in [3.05, 3.63) is 34.6 Å². The van der Waals surface area contributed by atoms with Crippen LogP contribution < -0.4 is 0 Å². The van der Waals surface area contributed by atoms with Crippen molar-refractivity contribution in [2.75, 3.05) is 27.4 Å². The monoisotopic (exact) mass is 276 g/mol. The summed E-state index contributed by atoms with van der Waals surface area (Å²) in [6.07, 6.45) is -0.581. The van der Waals surface area contributed by atoms with Gasteiger partial charge >= 0.3 is 5.97 Å². The summed E-state index contributed by atoms with van der Waals surface area (Å²) in [5, 5.41) is 0.217. The van der Waals surface area contributed by atoms with E-state index in [1.165, 1.54) is 26.4 Å². The van der Waals surface area contributed by atoms with Crippen molar-refractivity contribution in [3.63, 3.8) is 0 Å². The molecule has 1 aromatic rings. The highest BCUT2D eigenvalue weighted by Crippen LogP contribution is 2.16.